The minimum atomic E-state index is 0.846. The summed E-state index contributed by atoms with van der Waals surface area (Å²) in [4.78, 5) is 5.65. The summed E-state index contributed by atoms with van der Waals surface area (Å²) in [6.07, 6.45) is 0. The molecule has 20 heavy (non-hydrogen) atoms. The maximum absolute atomic E-state index is 6.15. The van der Waals surface area contributed by atoms with Crippen molar-refractivity contribution in [1.82, 2.24) is 4.98 Å². The van der Waals surface area contributed by atoms with Gasteiger partial charge in [-0.25, -0.2) is 4.98 Å². The zero-order valence-electron chi connectivity index (χ0n) is 11.5. The molecule has 4 heteroatoms. The number of thioether (sulfide) groups is 1. The van der Waals surface area contributed by atoms with E-state index in [1.54, 1.807) is 23.1 Å². The Balaban J connectivity index is 1.85. The van der Waals surface area contributed by atoms with Crippen molar-refractivity contribution in [2.75, 3.05) is 5.73 Å². The van der Waals surface area contributed by atoms with Crippen LogP contribution < -0.4 is 5.73 Å². The molecule has 0 spiro atoms. The van der Waals surface area contributed by atoms with Crippen LogP contribution in [-0.4, -0.2) is 4.98 Å². The van der Waals surface area contributed by atoms with Crippen LogP contribution in [0.4, 0.5) is 5.69 Å². The summed E-state index contributed by atoms with van der Waals surface area (Å²) in [5.41, 5.74) is 10.7. The number of nitrogens with zero attached hydrogens (tertiary/aromatic N) is 1. The maximum Gasteiger partial charge on any atom is 0.0907 e. The van der Waals surface area contributed by atoms with Crippen molar-refractivity contribution in [3.05, 3.63) is 52.5 Å². The third kappa shape index (κ3) is 2.81. The SMILES string of the molecule is Cc1cccc(CSc2cc3nc(C)sc3cc2N)c1. The second-order valence-electron chi connectivity index (χ2n) is 4.87. The van der Waals surface area contributed by atoms with Crippen LogP contribution in [0.2, 0.25) is 0 Å². The first kappa shape index (κ1) is 13.5. The van der Waals surface area contributed by atoms with Crippen LogP contribution in [0.5, 0.6) is 0 Å². The molecule has 2 N–H and O–H groups in total. The monoisotopic (exact) mass is 300 g/mol. The van der Waals surface area contributed by atoms with Crippen molar-refractivity contribution >= 4 is 39.0 Å². The van der Waals surface area contributed by atoms with Crippen LogP contribution in [0.15, 0.2) is 41.3 Å². The van der Waals surface area contributed by atoms with E-state index < -0.39 is 0 Å². The highest BCUT2D eigenvalue weighted by Crippen LogP contribution is 2.34. The van der Waals surface area contributed by atoms with Gasteiger partial charge in [-0.2, -0.15) is 0 Å². The number of nitrogens with two attached hydrogens (primary N) is 1. The Morgan fingerprint density at radius 1 is 1.20 bits per heavy atom. The molecule has 0 saturated carbocycles. The number of aromatic nitrogens is 1. The van der Waals surface area contributed by atoms with E-state index in [9.17, 15) is 0 Å². The van der Waals surface area contributed by atoms with Gasteiger partial charge in [0.15, 0.2) is 0 Å². The van der Waals surface area contributed by atoms with E-state index in [2.05, 4.69) is 42.2 Å². The minimum absolute atomic E-state index is 0.846. The zero-order chi connectivity index (χ0) is 14.1. The van der Waals surface area contributed by atoms with Gasteiger partial charge in [-0.05, 0) is 31.5 Å². The molecule has 3 rings (SSSR count). The Hall–Kier alpha value is -1.52. The Bertz CT molecular complexity index is 762. The Kier molecular flexibility index (Phi) is 3.68. The van der Waals surface area contributed by atoms with Gasteiger partial charge < -0.3 is 5.73 Å². The number of hydrogen-bond acceptors (Lipinski definition) is 4. The lowest BCUT2D eigenvalue weighted by Crippen LogP contribution is -1.89. The van der Waals surface area contributed by atoms with Crippen molar-refractivity contribution in [3.63, 3.8) is 0 Å². The van der Waals surface area contributed by atoms with Gasteiger partial charge in [0.25, 0.3) is 0 Å². The number of thiazole rings is 1. The molecule has 0 unspecified atom stereocenters. The fourth-order valence-electron chi connectivity index (χ4n) is 2.17. The van der Waals surface area contributed by atoms with Gasteiger partial charge in [0, 0.05) is 16.3 Å². The number of rotatable bonds is 3. The molecule has 1 heterocycles. The fourth-order valence-corrected chi connectivity index (χ4v) is 3.95. The van der Waals surface area contributed by atoms with Crippen LogP contribution in [-0.2, 0) is 5.75 Å². The lowest BCUT2D eigenvalue weighted by Gasteiger charge is -2.06. The molecule has 0 aliphatic rings. The lowest BCUT2D eigenvalue weighted by molar-refractivity contribution is 1.32. The smallest absolute Gasteiger partial charge is 0.0907 e. The van der Waals surface area contributed by atoms with Crippen molar-refractivity contribution in [3.8, 4) is 0 Å². The van der Waals surface area contributed by atoms with Crippen LogP contribution in [0.1, 0.15) is 16.1 Å². The van der Waals surface area contributed by atoms with E-state index >= 15 is 0 Å². The van der Waals surface area contributed by atoms with Gasteiger partial charge in [-0.15, -0.1) is 23.1 Å². The Labute approximate surface area is 127 Å². The number of aryl methyl sites for hydroxylation is 2. The van der Waals surface area contributed by atoms with Gasteiger partial charge in [0.1, 0.15) is 0 Å². The van der Waals surface area contributed by atoms with Crippen molar-refractivity contribution in [2.45, 2.75) is 24.5 Å². The number of benzene rings is 2. The van der Waals surface area contributed by atoms with Crippen LogP contribution >= 0.6 is 23.1 Å². The minimum Gasteiger partial charge on any atom is -0.398 e. The third-order valence-electron chi connectivity index (χ3n) is 3.10. The van der Waals surface area contributed by atoms with Gasteiger partial charge in [0.2, 0.25) is 0 Å². The average molecular weight is 300 g/mol. The molecule has 0 atom stereocenters. The molecule has 0 aliphatic carbocycles. The van der Waals surface area contributed by atoms with E-state index in [0.717, 1.165) is 26.9 Å². The lowest BCUT2D eigenvalue weighted by atomic mass is 10.2. The van der Waals surface area contributed by atoms with E-state index in [-0.39, 0.29) is 0 Å². The third-order valence-corrected chi connectivity index (χ3v) is 5.18. The molecular formula is C16H16N2S2. The maximum atomic E-state index is 6.15. The van der Waals surface area contributed by atoms with Gasteiger partial charge in [-0.3, -0.25) is 0 Å². The van der Waals surface area contributed by atoms with Gasteiger partial charge in [-0.1, -0.05) is 29.8 Å². The number of hydrogen-bond donors (Lipinski definition) is 1. The molecule has 0 bridgehead atoms. The second kappa shape index (κ2) is 5.46. The molecule has 2 aromatic carbocycles. The topological polar surface area (TPSA) is 38.9 Å². The molecule has 0 fully saturated rings. The van der Waals surface area contributed by atoms with Gasteiger partial charge in [0.05, 0.1) is 15.2 Å². The molecule has 2 nitrogen and oxygen atoms in total. The summed E-state index contributed by atoms with van der Waals surface area (Å²) in [5.74, 6) is 0.931. The van der Waals surface area contributed by atoms with Crippen LogP contribution in [0, 0.1) is 13.8 Å². The molecule has 0 saturated heterocycles. The summed E-state index contributed by atoms with van der Waals surface area (Å²) in [6.45, 7) is 4.15. The Morgan fingerprint density at radius 2 is 2.05 bits per heavy atom. The van der Waals surface area contributed by atoms with Crippen LogP contribution in [0.3, 0.4) is 0 Å². The number of fused-ring (bicyclic) bond motifs is 1. The molecule has 3 aromatic rings. The molecule has 1 aromatic heterocycles. The van der Waals surface area contributed by atoms with E-state index in [1.165, 1.54) is 15.8 Å². The van der Waals surface area contributed by atoms with E-state index in [1.807, 2.05) is 13.0 Å². The zero-order valence-corrected chi connectivity index (χ0v) is 13.1. The first-order valence-electron chi connectivity index (χ1n) is 6.47. The molecule has 0 radical (unpaired) electrons. The van der Waals surface area contributed by atoms with Crippen molar-refractivity contribution in [2.24, 2.45) is 0 Å². The van der Waals surface area contributed by atoms with Crippen LogP contribution in [0.25, 0.3) is 10.2 Å². The highest BCUT2D eigenvalue weighted by atomic mass is 32.2. The highest BCUT2D eigenvalue weighted by molar-refractivity contribution is 7.98. The first-order chi connectivity index (χ1) is 9.61. The Morgan fingerprint density at radius 3 is 2.85 bits per heavy atom. The quantitative estimate of drug-likeness (QED) is 0.558. The van der Waals surface area contributed by atoms with E-state index in [4.69, 9.17) is 5.73 Å². The van der Waals surface area contributed by atoms with E-state index in [0.29, 0.717) is 0 Å². The summed E-state index contributed by atoms with van der Waals surface area (Å²) in [6, 6.07) is 12.7. The van der Waals surface area contributed by atoms with Gasteiger partial charge >= 0.3 is 0 Å². The standard InChI is InChI=1S/C16H16N2S2/c1-10-4-3-5-12(6-10)9-19-15-8-14-16(7-13(15)17)20-11(2)18-14/h3-8H,9,17H2,1-2H3. The summed E-state index contributed by atoms with van der Waals surface area (Å²) >= 11 is 3.46. The fraction of sp³-hybridized carbons (Fsp3) is 0.188. The summed E-state index contributed by atoms with van der Waals surface area (Å²) < 4.78 is 1.17. The highest BCUT2D eigenvalue weighted by Gasteiger charge is 2.07. The molecule has 0 amide bonds. The number of nitrogen functional groups attached to an aromatic ring is 1. The van der Waals surface area contributed by atoms with Crippen molar-refractivity contribution in [1.29, 1.82) is 0 Å². The summed E-state index contributed by atoms with van der Waals surface area (Å²) in [7, 11) is 0. The average Bonchev–Trinajstić information content (AvgIpc) is 2.75. The molecule has 0 aliphatic heterocycles. The predicted octanol–water partition coefficient (Wildman–Crippen LogP) is 4.79. The second-order valence-corrected chi connectivity index (χ2v) is 7.12. The largest absolute Gasteiger partial charge is 0.398 e. The normalized spacial score (nSPS) is 11.1. The first-order valence-corrected chi connectivity index (χ1v) is 8.27. The van der Waals surface area contributed by atoms with Crippen molar-refractivity contribution < 1.29 is 0 Å². The predicted molar refractivity (Wildman–Crippen MR) is 89.5 cm³/mol. The number of anilines is 1. The molecule has 102 valence electrons. The summed E-state index contributed by atoms with van der Waals surface area (Å²) in [5, 5.41) is 1.08. The molecular weight excluding hydrogens is 284 g/mol.